The highest BCUT2D eigenvalue weighted by Crippen LogP contribution is 2.13. The molecule has 0 radical (unpaired) electrons. The van der Waals surface area contributed by atoms with E-state index in [2.05, 4.69) is 37.2 Å². The van der Waals surface area contributed by atoms with E-state index in [0.29, 0.717) is 11.3 Å². The molecular weight excluding hydrogens is 317 g/mol. The second kappa shape index (κ2) is 6.71. The van der Waals surface area contributed by atoms with Crippen LogP contribution in [0.2, 0.25) is 0 Å². The summed E-state index contributed by atoms with van der Waals surface area (Å²) < 4.78 is 1.75. The van der Waals surface area contributed by atoms with E-state index in [4.69, 9.17) is 5.26 Å². The van der Waals surface area contributed by atoms with Gasteiger partial charge in [0.25, 0.3) is 0 Å². The second-order valence-corrected chi connectivity index (χ2v) is 6.16. The van der Waals surface area contributed by atoms with Gasteiger partial charge in [0, 0.05) is 31.6 Å². The molecule has 1 unspecified atom stereocenters. The molecule has 3 rings (SSSR count). The number of aliphatic imine (C=N–C) groups is 1. The largest absolute Gasteiger partial charge is 0.349 e. The minimum Gasteiger partial charge on any atom is -0.349 e. The molecule has 1 aliphatic heterocycles. The summed E-state index contributed by atoms with van der Waals surface area (Å²) in [6.07, 6.45) is 5.66. The third-order valence-electron chi connectivity index (χ3n) is 3.57. The zero-order valence-corrected chi connectivity index (χ0v) is 14.6. The summed E-state index contributed by atoms with van der Waals surface area (Å²) in [7, 11) is 4.57. The van der Waals surface area contributed by atoms with Gasteiger partial charge >= 0.3 is 0 Å². The molecule has 0 spiro atoms. The summed E-state index contributed by atoms with van der Waals surface area (Å²) in [6, 6.07) is 7.74. The van der Waals surface area contributed by atoms with Crippen LogP contribution in [0.1, 0.15) is 16.8 Å². The van der Waals surface area contributed by atoms with E-state index < -0.39 is 0 Å². The standard InChI is InChI=1S/C18H16N5P/c1-13-12-23(15-8-14(11-19)9-16(24)10-15)21-17(13)4-5-18-20-6-3-7-22(18)2/h3,6,8-10,12H,7,24H2,1-2H3. The lowest BCUT2D eigenvalue weighted by molar-refractivity contribution is 0.562. The van der Waals surface area contributed by atoms with E-state index in [0.717, 1.165) is 28.9 Å². The number of nitrogens with zero attached hydrogens (tertiary/aromatic N) is 5. The van der Waals surface area contributed by atoms with Gasteiger partial charge in [-0.15, -0.1) is 9.24 Å². The van der Waals surface area contributed by atoms with Crippen LogP contribution in [0.5, 0.6) is 0 Å². The van der Waals surface area contributed by atoms with Crippen LogP contribution in [0.25, 0.3) is 5.69 Å². The van der Waals surface area contributed by atoms with Gasteiger partial charge in [0.2, 0.25) is 0 Å². The van der Waals surface area contributed by atoms with Crippen molar-refractivity contribution in [3.8, 4) is 23.6 Å². The molecule has 1 aromatic carbocycles. The SMILES string of the molecule is Cc1cn(-c2cc(P)cc(C#N)c2)nc1C#CC1=NC=CCN1C. The molecule has 0 amide bonds. The predicted molar refractivity (Wildman–Crippen MR) is 98.4 cm³/mol. The van der Waals surface area contributed by atoms with Gasteiger partial charge in [-0.05, 0) is 48.3 Å². The van der Waals surface area contributed by atoms with Crippen LogP contribution in [0.15, 0.2) is 41.7 Å². The fraction of sp³-hybridized carbons (Fsp3) is 0.167. The summed E-state index contributed by atoms with van der Waals surface area (Å²) >= 11 is 0. The molecule has 0 aliphatic carbocycles. The molecule has 0 saturated carbocycles. The first-order valence-electron chi connectivity index (χ1n) is 7.40. The zero-order valence-electron chi connectivity index (χ0n) is 13.5. The smallest absolute Gasteiger partial charge is 0.181 e. The molecule has 24 heavy (non-hydrogen) atoms. The minimum atomic E-state index is 0.600. The Morgan fingerprint density at radius 1 is 1.25 bits per heavy atom. The number of aromatic nitrogens is 2. The second-order valence-electron chi connectivity index (χ2n) is 5.50. The molecule has 0 bridgehead atoms. The normalized spacial score (nSPS) is 13.1. The highest BCUT2D eigenvalue weighted by molar-refractivity contribution is 7.27. The summed E-state index contributed by atoms with van der Waals surface area (Å²) in [5.74, 6) is 6.88. The van der Waals surface area contributed by atoms with E-state index in [1.54, 1.807) is 16.9 Å². The molecule has 2 aromatic rings. The average molecular weight is 333 g/mol. The number of amidine groups is 1. The molecule has 1 aromatic heterocycles. The third kappa shape index (κ3) is 3.38. The molecule has 0 N–H and O–H groups in total. The van der Waals surface area contributed by atoms with Gasteiger partial charge in [-0.1, -0.05) is 0 Å². The molecule has 5 nitrogen and oxygen atoms in total. The Labute approximate surface area is 143 Å². The molecule has 1 atom stereocenters. The first kappa shape index (κ1) is 16.0. The number of likely N-dealkylation sites (N-methyl/N-ethyl adjacent to an activating group) is 1. The maximum atomic E-state index is 9.11. The van der Waals surface area contributed by atoms with Crippen LogP contribution in [0, 0.1) is 30.1 Å². The summed E-state index contributed by atoms with van der Waals surface area (Å²) in [6.45, 7) is 2.77. The van der Waals surface area contributed by atoms with Crippen LogP contribution in [-0.2, 0) is 0 Å². The molecule has 0 fully saturated rings. The number of hydrogen-bond acceptors (Lipinski definition) is 4. The lowest BCUT2D eigenvalue weighted by Gasteiger charge is -2.16. The molecular formula is C18H16N5P. The van der Waals surface area contributed by atoms with Gasteiger partial charge in [-0.2, -0.15) is 10.4 Å². The van der Waals surface area contributed by atoms with Gasteiger partial charge < -0.3 is 4.90 Å². The summed E-state index contributed by atoms with van der Waals surface area (Å²) in [5, 5.41) is 14.6. The van der Waals surface area contributed by atoms with Crippen molar-refractivity contribution in [3.05, 3.63) is 53.5 Å². The van der Waals surface area contributed by atoms with Crippen molar-refractivity contribution in [2.75, 3.05) is 13.6 Å². The maximum Gasteiger partial charge on any atom is 0.181 e. The van der Waals surface area contributed by atoms with Gasteiger partial charge in [0.05, 0.1) is 17.3 Å². The Morgan fingerprint density at radius 3 is 2.83 bits per heavy atom. The Bertz CT molecular complexity index is 950. The van der Waals surface area contributed by atoms with Gasteiger partial charge in [-0.3, -0.25) is 0 Å². The van der Waals surface area contributed by atoms with E-state index >= 15 is 0 Å². The van der Waals surface area contributed by atoms with Crippen LogP contribution < -0.4 is 5.30 Å². The number of benzene rings is 1. The van der Waals surface area contributed by atoms with E-state index in [9.17, 15) is 0 Å². The van der Waals surface area contributed by atoms with Crippen molar-refractivity contribution < 1.29 is 0 Å². The lowest BCUT2D eigenvalue weighted by Crippen LogP contribution is -2.27. The average Bonchev–Trinajstić information content (AvgIpc) is 2.94. The number of aryl methyl sites for hydroxylation is 1. The first-order valence-corrected chi connectivity index (χ1v) is 7.98. The van der Waals surface area contributed by atoms with Crippen molar-refractivity contribution in [1.29, 1.82) is 5.26 Å². The van der Waals surface area contributed by atoms with Gasteiger partial charge in [0.15, 0.2) is 5.84 Å². The minimum absolute atomic E-state index is 0.600. The number of hydrogen-bond donors (Lipinski definition) is 0. The first-order chi connectivity index (χ1) is 11.6. The molecule has 1 aliphatic rings. The maximum absolute atomic E-state index is 9.11. The number of rotatable bonds is 1. The molecule has 0 saturated heterocycles. The Kier molecular flexibility index (Phi) is 4.47. The quantitative estimate of drug-likeness (QED) is 0.590. The molecule has 6 heteroatoms. The lowest BCUT2D eigenvalue weighted by atomic mass is 10.2. The van der Waals surface area contributed by atoms with Crippen LogP contribution in [0.4, 0.5) is 0 Å². The van der Waals surface area contributed by atoms with E-state index in [1.165, 1.54) is 0 Å². The van der Waals surface area contributed by atoms with Crippen LogP contribution in [-0.4, -0.2) is 34.1 Å². The highest BCUT2D eigenvalue weighted by atomic mass is 31.0. The van der Waals surface area contributed by atoms with Crippen LogP contribution >= 0.6 is 9.24 Å². The fourth-order valence-corrected chi connectivity index (χ4v) is 2.65. The van der Waals surface area contributed by atoms with Gasteiger partial charge in [-0.25, -0.2) is 9.67 Å². The van der Waals surface area contributed by atoms with Crippen molar-refractivity contribution >= 4 is 20.4 Å². The van der Waals surface area contributed by atoms with Crippen LogP contribution in [0.3, 0.4) is 0 Å². The fourth-order valence-electron chi connectivity index (χ4n) is 2.30. The summed E-state index contributed by atoms with van der Waals surface area (Å²) in [5.41, 5.74) is 3.12. The monoisotopic (exact) mass is 333 g/mol. The predicted octanol–water partition coefficient (Wildman–Crippen LogP) is 1.76. The van der Waals surface area contributed by atoms with Crippen molar-refractivity contribution in [3.63, 3.8) is 0 Å². The number of nitriles is 1. The topological polar surface area (TPSA) is 57.2 Å². The van der Waals surface area contributed by atoms with Gasteiger partial charge in [0.1, 0.15) is 5.69 Å². The highest BCUT2D eigenvalue weighted by Gasteiger charge is 2.08. The molecule has 118 valence electrons. The zero-order chi connectivity index (χ0) is 17.1. The molecule has 2 heterocycles. The van der Waals surface area contributed by atoms with Crippen molar-refractivity contribution in [2.45, 2.75) is 6.92 Å². The Balaban J connectivity index is 1.95. The van der Waals surface area contributed by atoms with E-state index in [-0.39, 0.29) is 0 Å². The Hall–Kier alpha value is -2.88. The Morgan fingerprint density at radius 2 is 2.08 bits per heavy atom. The summed E-state index contributed by atoms with van der Waals surface area (Å²) in [4.78, 5) is 6.25. The van der Waals surface area contributed by atoms with Crippen molar-refractivity contribution in [2.24, 2.45) is 4.99 Å². The van der Waals surface area contributed by atoms with Crippen molar-refractivity contribution in [1.82, 2.24) is 14.7 Å². The van der Waals surface area contributed by atoms with E-state index in [1.807, 2.05) is 43.3 Å². The third-order valence-corrected chi connectivity index (χ3v) is 3.90.